The van der Waals surface area contributed by atoms with Crippen molar-refractivity contribution in [2.75, 3.05) is 27.2 Å². The lowest BCUT2D eigenvalue weighted by atomic mass is 9.99. The largest absolute Gasteiger partial charge is 0.396 e. The number of imidazole rings is 1. The van der Waals surface area contributed by atoms with Crippen LogP contribution in [0.2, 0.25) is 0 Å². The van der Waals surface area contributed by atoms with Crippen LogP contribution in [0.4, 0.5) is 0 Å². The van der Waals surface area contributed by atoms with Crippen LogP contribution in [-0.4, -0.2) is 46.8 Å². The fraction of sp³-hybridized carbons (Fsp3) is 0.750. The minimum Gasteiger partial charge on any atom is -0.396 e. The number of likely N-dealkylation sites (N-methyl/N-ethyl adjacent to an activating group) is 1. The molecule has 0 radical (unpaired) electrons. The second-order valence-corrected chi connectivity index (χ2v) is 4.92. The number of aryl methyl sites for hydroxylation is 1. The van der Waals surface area contributed by atoms with E-state index in [2.05, 4.69) is 28.5 Å². The van der Waals surface area contributed by atoms with Crippen LogP contribution in [0.5, 0.6) is 0 Å². The zero-order valence-electron chi connectivity index (χ0n) is 10.2. The second kappa shape index (κ2) is 4.97. The molecule has 0 fully saturated rings. The van der Waals surface area contributed by atoms with Gasteiger partial charge in [-0.15, -0.1) is 0 Å². The zero-order chi connectivity index (χ0) is 11.5. The van der Waals surface area contributed by atoms with E-state index in [0.717, 1.165) is 32.4 Å². The molecule has 0 spiro atoms. The van der Waals surface area contributed by atoms with Crippen LogP contribution in [0.1, 0.15) is 17.9 Å². The van der Waals surface area contributed by atoms with Crippen molar-refractivity contribution < 1.29 is 5.11 Å². The molecule has 4 heteroatoms. The molecule has 1 N–H and O–H groups in total. The molecule has 16 heavy (non-hydrogen) atoms. The Balaban J connectivity index is 2.07. The number of rotatable bonds is 4. The average Bonchev–Trinajstić information content (AvgIpc) is 2.68. The highest BCUT2D eigenvalue weighted by atomic mass is 16.3. The molecule has 2 rings (SSSR count). The van der Waals surface area contributed by atoms with Gasteiger partial charge in [0.25, 0.3) is 0 Å². The molecule has 90 valence electrons. The summed E-state index contributed by atoms with van der Waals surface area (Å²) < 4.78 is 2.30. The minimum absolute atomic E-state index is 0.296. The maximum Gasteiger partial charge on any atom is 0.110 e. The molecule has 1 atom stereocenters. The van der Waals surface area contributed by atoms with Crippen molar-refractivity contribution in [3.8, 4) is 0 Å². The van der Waals surface area contributed by atoms with Crippen LogP contribution in [0.3, 0.4) is 0 Å². The molecule has 1 aromatic rings. The van der Waals surface area contributed by atoms with Gasteiger partial charge in [-0.3, -0.25) is 0 Å². The summed E-state index contributed by atoms with van der Waals surface area (Å²) in [6.07, 6.45) is 5.14. The molecule has 0 amide bonds. The van der Waals surface area contributed by atoms with Gasteiger partial charge in [-0.1, -0.05) is 0 Å². The van der Waals surface area contributed by atoms with Crippen molar-refractivity contribution in [1.82, 2.24) is 14.5 Å². The van der Waals surface area contributed by atoms with Crippen molar-refractivity contribution >= 4 is 0 Å². The van der Waals surface area contributed by atoms with Crippen LogP contribution in [0, 0.1) is 5.92 Å². The monoisotopic (exact) mass is 223 g/mol. The third-order valence-corrected chi connectivity index (χ3v) is 3.31. The van der Waals surface area contributed by atoms with Gasteiger partial charge in [0.1, 0.15) is 5.82 Å². The van der Waals surface area contributed by atoms with Crippen LogP contribution >= 0.6 is 0 Å². The normalized spacial score (nSPS) is 20.1. The number of hydrogen-bond acceptors (Lipinski definition) is 3. The van der Waals surface area contributed by atoms with Gasteiger partial charge in [0.15, 0.2) is 0 Å². The highest BCUT2D eigenvalue weighted by Gasteiger charge is 2.20. The number of nitrogens with zero attached hydrogens (tertiary/aromatic N) is 3. The number of hydrogen-bond donors (Lipinski definition) is 1. The fourth-order valence-electron chi connectivity index (χ4n) is 2.25. The molecular weight excluding hydrogens is 202 g/mol. The maximum absolute atomic E-state index is 9.22. The van der Waals surface area contributed by atoms with Gasteiger partial charge in [-0.2, -0.15) is 0 Å². The Labute approximate surface area is 96.9 Å². The third kappa shape index (κ3) is 2.44. The quantitative estimate of drug-likeness (QED) is 0.810. The van der Waals surface area contributed by atoms with Gasteiger partial charge < -0.3 is 14.6 Å². The van der Waals surface area contributed by atoms with Gasteiger partial charge >= 0.3 is 0 Å². The Morgan fingerprint density at radius 3 is 3.06 bits per heavy atom. The summed E-state index contributed by atoms with van der Waals surface area (Å²) in [5.74, 6) is 1.58. The molecule has 0 saturated heterocycles. The summed E-state index contributed by atoms with van der Waals surface area (Å²) in [4.78, 5) is 6.67. The lowest BCUT2D eigenvalue weighted by molar-refractivity contribution is 0.190. The topological polar surface area (TPSA) is 41.3 Å². The molecule has 1 aliphatic rings. The van der Waals surface area contributed by atoms with Crippen LogP contribution in [0.15, 0.2) is 6.20 Å². The fourth-order valence-corrected chi connectivity index (χ4v) is 2.25. The zero-order valence-corrected chi connectivity index (χ0v) is 10.2. The molecule has 0 aliphatic carbocycles. The number of aromatic nitrogens is 2. The lowest BCUT2D eigenvalue weighted by Gasteiger charge is -2.24. The lowest BCUT2D eigenvalue weighted by Crippen LogP contribution is -2.25. The summed E-state index contributed by atoms with van der Waals surface area (Å²) in [6.45, 7) is 2.26. The van der Waals surface area contributed by atoms with Gasteiger partial charge in [0.2, 0.25) is 0 Å². The highest BCUT2D eigenvalue weighted by Crippen LogP contribution is 2.21. The Kier molecular flexibility index (Phi) is 3.61. The first kappa shape index (κ1) is 11.6. The van der Waals surface area contributed by atoms with E-state index in [-0.39, 0.29) is 0 Å². The minimum atomic E-state index is 0.296. The van der Waals surface area contributed by atoms with E-state index in [0.29, 0.717) is 12.5 Å². The summed E-state index contributed by atoms with van der Waals surface area (Å²) in [7, 11) is 4.16. The predicted octanol–water partition coefficient (Wildman–Crippen LogP) is 0.542. The smallest absolute Gasteiger partial charge is 0.110 e. The molecule has 0 saturated carbocycles. The number of aliphatic hydroxyl groups is 1. The van der Waals surface area contributed by atoms with Crippen molar-refractivity contribution in [2.24, 2.45) is 5.92 Å². The van der Waals surface area contributed by atoms with Gasteiger partial charge in [0, 0.05) is 43.9 Å². The Hall–Kier alpha value is -0.870. The molecule has 0 bridgehead atoms. The van der Waals surface area contributed by atoms with Crippen molar-refractivity contribution in [3.05, 3.63) is 17.7 Å². The van der Waals surface area contributed by atoms with E-state index in [1.807, 2.05) is 6.20 Å². The standard InChI is InChI=1S/C12H21N3O/c1-14(2)6-5-12-13-7-11-4-3-10(9-16)8-15(11)12/h7,10,16H,3-6,8-9H2,1-2H3. The van der Waals surface area contributed by atoms with E-state index >= 15 is 0 Å². The van der Waals surface area contributed by atoms with E-state index in [1.54, 1.807) is 0 Å². The van der Waals surface area contributed by atoms with Crippen LogP contribution in [-0.2, 0) is 19.4 Å². The van der Waals surface area contributed by atoms with Crippen molar-refractivity contribution in [2.45, 2.75) is 25.8 Å². The van der Waals surface area contributed by atoms with E-state index in [4.69, 9.17) is 0 Å². The first-order valence-corrected chi connectivity index (χ1v) is 5.99. The molecule has 1 unspecified atom stereocenters. The number of aliphatic hydroxyl groups excluding tert-OH is 1. The SMILES string of the molecule is CN(C)CCc1ncc2n1CC(CO)CC2. The molecule has 1 aromatic heterocycles. The van der Waals surface area contributed by atoms with Gasteiger partial charge in [-0.25, -0.2) is 4.98 Å². The van der Waals surface area contributed by atoms with E-state index in [9.17, 15) is 5.11 Å². The first-order chi connectivity index (χ1) is 7.70. The maximum atomic E-state index is 9.22. The van der Waals surface area contributed by atoms with Gasteiger partial charge in [0.05, 0.1) is 0 Å². The molecule has 4 nitrogen and oxygen atoms in total. The number of fused-ring (bicyclic) bond motifs is 1. The van der Waals surface area contributed by atoms with Crippen LogP contribution < -0.4 is 0 Å². The Morgan fingerprint density at radius 1 is 1.56 bits per heavy atom. The van der Waals surface area contributed by atoms with Crippen LogP contribution in [0.25, 0.3) is 0 Å². The predicted molar refractivity (Wildman–Crippen MR) is 63.4 cm³/mol. The third-order valence-electron chi connectivity index (χ3n) is 3.31. The Morgan fingerprint density at radius 2 is 2.38 bits per heavy atom. The van der Waals surface area contributed by atoms with E-state index in [1.165, 1.54) is 11.5 Å². The van der Waals surface area contributed by atoms with Gasteiger partial charge in [-0.05, 0) is 26.9 Å². The average molecular weight is 223 g/mol. The summed E-state index contributed by atoms with van der Waals surface area (Å²) in [5, 5.41) is 9.22. The van der Waals surface area contributed by atoms with Crippen molar-refractivity contribution in [3.63, 3.8) is 0 Å². The second-order valence-electron chi connectivity index (χ2n) is 4.92. The molecule has 0 aromatic carbocycles. The molecular formula is C12H21N3O. The highest BCUT2D eigenvalue weighted by molar-refractivity contribution is 5.09. The summed E-state index contributed by atoms with van der Waals surface area (Å²) in [6, 6.07) is 0. The van der Waals surface area contributed by atoms with Crippen molar-refractivity contribution in [1.29, 1.82) is 0 Å². The Bertz CT molecular complexity index is 346. The molecule has 2 heterocycles. The first-order valence-electron chi connectivity index (χ1n) is 5.99. The summed E-state index contributed by atoms with van der Waals surface area (Å²) in [5.41, 5.74) is 1.33. The molecule has 1 aliphatic heterocycles. The van der Waals surface area contributed by atoms with E-state index < -0.39 is 0 Å². The summed E-state index contributed by atoms with van der Waals surface area (Å²) >= 11 is 0.